The SMILES string of the molecule is C=CC(=O)N1C[C@H](C)N(c2nc(=O)n(-c3c(C)cccc3S(C)(=O)=O)c3nc(-c4c(N)cccc4F)c(F)cc23)C[C@H]1C. The van der Waals surface area contributed by atoms with E-state index in [0.29, 0.717) is 5.56 Å². The molecule has 2 atom stereocenters. The summed E-state index contributed by atoms with van der Waals surface area (Å²) in [7, 11) is -3.86. The molecule has 43 heavy (non-hydrogen) atoms. The number of amides is 1. The zero-order chi connectivity index (χ0) is 31.4. The van der Waals surface area contributed by atoms with Gasteiger partial charge < -0.3 is 15.5 Å². The van der Waals surface area contributed by atoms with Crippen LogP contribution in [0.3, 0.4) is 0 Å². The summed E-state index contributed by atoms with van der Waals surface area (Å²) in [4.78, 5) is 38.4. The van der Waals surface area contributed by atoms with Crippen LogP contribution in [0, 0.1) is 18.6 Å². The van der Waals surface area contributed by atoms with E-state index in [9.17, 15) is 18.0 Å². The molecule has 2 N–H and O–H groups in total. The number of hydrogen-bond donors (Lipinski definition) is 1. The van der Waals surface area contributed by atoms with Gasteiger partial charge in [-0.2, -0.15) is 4.98 Å². The number of fused-ring (bicyclic) bond motifs is 1. The Morgan fingerprint density at radius 3 is 2.42 bits per heavy atom. The van der Waals surface area contributed by atoms with Gasteiger partial charge >= 0.3 is 5.69 Å². The van der Waals surface area contributed by atoms with Crippen LogP contribution in [0.25, 0.3) is 28.0 Å². The van der Waals surface area contributed by atoms with Gasteiger partial charge in [0.1, 0.15) is 17.3 Å². The Hall–Kier alpha value is -4.65. The van der Waals surface area contributed by atoms with Crippen LogP contribution in [0.4, 0.5) is 20.3 Å². The molecule has 0 radical (unpaired) electrons. The molecule has 0 bridgehead atoms. The van der Waals surface area contributed by atoms with Crippen LogP contribution in [0.1, 0.15) is 19.4 Å². The van der Waals surface area contributed by atoms with Crippen molar-refractivity contribution in [3.05, 3.63) is 82.8 Å². The molecule has 0 saturated carbocycles. The number of carbonyl (C=O) groups excluding carboxylic acids is 1. The lowest BCUT2D eigenvalue weighted by atomic mass is 10.1. The van der Waals surface area contributed by atoms with Gasteiger partial charge in [0, 0.05) is 37.1 Å². The van der Waals surface area contributed by atoms with Crippen molar-refractivity contribution >= 4 is 38.3 Å². The first-order valence-corrected chi connectivity index (χ1v) is 15.3. The number of anilines is 2. The first-order valence-electron chi connectivity index (χ1n) is 13.4. The molecule has 1 aliphatic rings. The number of nitrogens with two attached hydrogens (primary N) is 1. The first-order chi connectivity index (χ1) is 20.2. The number of nitrogen functional groups attached to an aromatic ring is 1. The third-order valence-electron chi connectivity index (χ3n) is 7.62. The van der Waals surface area contributed by atoms with Crippen molar-refractivity contribution in [2.24, 2.45) is 0 Å². The van der Waals surface area contributed by atoms with Gasteiger partial charge in [0.25, 0.3) is 0 Å². The average Bonchev–Trinajstić information content (AvgIpc) is 2.93. The van der Waals surface area contributed by atoms with Crippen LogP contribution < -0.4 is 16.3 Å². The lowest BCUT2D eigenvalue weighted by molar-refractivity contribution is -0.128. The van der Waals surface area contributed by atoms with E-state index in [1.54, 1.807) is 22.8 Å². The summed E-state index contributed by atoms with van der Waals surface area (Å²) in [6.45, 7) is 9.35. The highest BCUT2D eigenvalue weighted by atomic mass is 32.2. The van der Waals surface area contributed by atoms with Crippen LogP contribution in [0.5, 0.6) is 0 Å². The van der Waals surface area contributed by atoms with Crippen LogP contribution in [0.2, 0.25) is 0 Å². The van der Waals surface area contributed by atoms with E-state index in [-0.39, 0.29) is 69.8 Å². The van der Waals surface area contributed by atoms with E-state index in [2.05, 4.69) is 16.5 Å². The zero-order valence-corrected chi connectivity index (χ0v) is 24.8. The molecule has 3 heterocycles. The molecule has 0 spiro atoms. The molecule has 1 aliphatic heterocycles. The Morgan fingerprint density at radius 1 is 1.07 bits per heavy atom. The van der Waals surface area contributed by atoms with E-state index in [1.807, 2.05) is 13.8 Å². The predicted molar refractivity (Wildman–Crippen MR) is 161 cm³/mol. The van der Waals surface area contributed by atoms with Gasteiger partial charge in [-0.1, -0.05) is 24.8 Å². The summed E-state index contributed by atoms with van der Waals surface area (Å²) in [6, 6.07) is 8.80. The molecular weight excluding hydrogens is 578 g/mol. The minimum Gasteiger partial charge on any atom is -0.398 e. The van der Waals surface area contributed by atoms with Crippen molar-refractivity contribution in [1.29, 1.82) is 0 Å². The van der Waals surface area contributed by atoms with Crippen LogP contribution in [0.15, 0.2) is 64.8 Å². The summed E-state index contributed by atoms with van der Waals surface area (Å²) in [5.74, 6) is -1.91. The van der Waals surface area contributed by atoms with Crippen LogP contribution in [-0.4, -0.2) is 65.2 Å². The second-order valence-corrected chi connectivity index (χ2v) is 12.7. The van der Waals surface area contributed by atoms with Gasteiger partial charge in [-0.15, -0.1) is 0 Å². The molecule has 2 aromatic carbocycles. The minimum absolute atomic E-state index is 0.00608. The normalized spacial score (nSPS) is 17.3. The number of aryl methyl sites for hydroxylation is 1. The average molecular weight is 609 g/mol. The van der Waals surface area contributed by atoms with Gasteiger partial charge in [0.05, 0.1) is 21.5 Å². The Kier molecular flexibility index (Phi) is 7.55. The number of piperazine rings is 1. The summed E-state index contributed by atoms with van der Waals surface area (Å²) in [6.07, 6.45) is 2.23. The topological polar surface area (TPSA) is 131 Å². The van der Waals surface area contributed by atoms with E-state index < -0.39 is 32.9 Å². The maximum absolute atomic E-state index is 15.9. The molecule has 0 unspecified atom stereocenters. The number of halogens is 2. The van der Waals surface area contributed by atoms with E-state index in [4.69, 9.17) is 5.73 Å². The molecular formula is C30H30F2N6O4S. The third kappa shape index (κ3) is 5.13. The Labute approximate surface area is 247 Å². The predicted octanol–water partition coefficient (Wildman–Crippen LogP) is 3.63. The molecule has 4 aromatic rings. The Balaban J connectivity index is 1.87. The molecule has 10 nitrogen and oxygen atoms in total. The zero-order valence-electron chi connectivity index (χ0n) is 24.0. The van der Waals surface area contributed by atoms with Crippen molar-refractivity contribution in [2.45, 2.75) is 37.8 Å². The summed E-state index contributed by atoms with van der Waals surface area (Å²) in [5.41, 5.74) is 4.59. The van der Waals surface area contributed by atoms with Gasteiger partial charge in [0.2, 0.25) is 5.91 Å². The molecule has 2 aromatic heterocycles. The molecule has 5 rings (SSSR count). The number of hydrogen-bond acceptors (Lipinski definition) is 8. The lowest BCUT2D eigenvalue weighted by Crippen LogP contribution is -2.58. The van der Waals surface area contributed by atoms with Crippen LogP contribution in [-0.2, 0) is 14.6 Å². The van der Waals surface area contributed by atoms with Gasteiger partial charge in [-0.05, 0) is 56.7 Å². The van der Waals surface area contributed by atoms with Gasteiger partial charge in [-0.3, -0.25) is 4.79 Å². The summed E-state index contributed by atoms with van der Waals surface area (Å²) in [5, 5.41) is 0.0843. The fourth-order valence-corrected chi connectivity index (χ4v) is 6.49. The summed E-state index contributed by atoms with van der Waals surface area (Å²) >= 11 is 0. The van der Waals surface area contributed by atoms with Crippen molar-refractivity contribution in [1.82, 2.24) is 19.4 Å². The number of pyridine rings is 1. The fraction of sp³-hybridized carbons (Fsp3) is 0.267. The molecule has 1 fully saturated rings. The lowest BCUT2D eigenvalue weighted by Gasteiger charge is -2.44. The number of carbonyl (C=O) groups is 1. The van der Waals surface area contributed by atoms with E-state index in [1.165, 1.54) is 30.3 Å². The number of rotatable bonds is 5. The molecule has 0 aliphatic carbocycles. The third-order valence-corrected chi connectivity index (χ3v) is 8.75. The van der Waals surface area contributed by atoms with Crippen molar-refractivity contribution in [2.75, 3.05) is 30.0 Å². The number of aromatic nitrogens is 3. The molecule has 1 amide bonds. The largest absolute Gasteiger partial charge is 0.398 e. The highest BCUT2D eigenvalue weighted by molar-refractivity contribution is 7.90. The van der Waals surface area contributed by atoms with Gasteiger partial charge in [-0.25, -0.2) is 31.5 Å². The van der Waals surface area contributed by atoms with Crippen LogP contribution >= 0.6 is 0 Å². The molecule has 1 saturated heterocycles. The monoisotopic (exact) mass is 608 g/mol. The maximum Gasteiger partial charge on any atom is 0.355 e. The Morgan fingerprint density at radius 2 is 1.77 bits per heavy atom. The smallest absolute Gasteiger partial charge is 0.355 e. The van der Waals surface area contributed by atoms with Crippen molar-refractivity contribution < 1.29 is 22.0 Å². The maximum atomic E-state index is 15.9. The van der Waals surface area contributed by atoms with Gasteiger partial charge in [0.15, 0.2) is 21.3 Å². The minimum atomic E-state index is -3.86. The number of nitrogens with zero attached hydrogens (tertiary/aromatic N) is 5. The molecule has 224 valence electrons. The first kappa shape index (κ1) is 29.8. The summed E-state index contributed by atoms with van der Waals surface area (Å²) < 4.78 is 57.6. The number of sulfone groups is 1. The highest BCUT2D eigenvalue weighted by Gasteiger charge is 2.34. The fourth-order valence-electron chi connectivity index (χ4n) is 5.56. The quantitative estimate of drug-likeness (QED) is 0.269. The van der Waals surface area contributed by atoms with Crippen molar-refractivity contribution in [3.8, 4) is 16.9 Å². The number of benzene rings is 2. The number of para-hydroxylation sites is 1. The van der Waals surface area contributed by atoms with E-state index in [0.717, 1.165) is 23.0 Å². The second-order valence-electron chi connectivity index (χ2n) is 10.7. The molecule has 13 heteroatoms. The Bertz CT molecular complexity index is 1960. The second kappa shape index (κ2) is 10.9. The van der Waals surface area contributed by atoms with Crippen molar-refractivity contribution in [3.63, 3.8) is 0 Å². The standard InChI is InChI=1S/C30H30F2N6O4S/c1-6-24(39)36-14-18(4)37(15-17(36)3)28-19-13-21(32)26(25-20(31)10-8-11-22(25)33)34-29(19)38(30(40)35-28)27-16(2)9-7-12-23(27)43(5,41)42/h6-13,17-18H,1,14-15,33H2,2-5H3/t17-,18+/m1/s1. The van der Waals surface area contributed by atoms with E-state index >= 15 is 8.78 Å². The highest BCUT2D eigenvalue weighted by Crippen LogP contribution is 2.36.